The minimum Gasteiger partial charge on any atom is -0.414 e. The molecule has 37 heavy (non-hydrogen) atoms. The van der Waals surface area contributed by atoms with Crippen molar-refractivity contribution in [3.05, 3.63) is 60.3 Å². The first kappa shape index (κ1) is 26.4. The van der Waals surface area contributed by atoms with Gasteiger partial charge in [-0.05, 0) is 50.1 Å². The fourth-order valence-corrected chi connectivity index (χ4v) is 5.00. The molecule has 0 aliphatic carbocycles. The van der Waals surface area contributed by atoms with Crippen molar-refractivity contribution in [1.29, 1.82) is 0 Å². The Morgan fingerprint density at radius 1 is 1.00 bits per heavy atom. The minimum absolute atomic E-state index is 0.112. The van der Waals surface area contributed by atoms with Gasteiger partial charge in [-0.1, -0.05) is 31.2 Å². The Labute approximate surface area is 215 Å². The second-order valence-electron chi connectivity index (χ2n) is 8.80. The summed E-state index contributed by atoms with van der Waals surface area (Å²) in [6.45, 7) is 5.88. The van der Waals surface area contributed by atoms with E-state index in [1.165, 1.54) is 13.1 Å². The van der Waals surface area contributed by atoms with Gasteiger partial charge in [0.05, 0.1) is 22.0 Å². The van der Waals surface area contributed by atoms with Crippen molar-refractivity contribution < 1.29 is 17.2 Å². The molecule has 0 bridgehead atoms. The number of anilines is 1. The highest BCUT2D eigenvalue weighted by Gasteiger charge is 2.22. The third kappa shape index (κ3) is 6.00. The Bertz CT molecular complexity index is 1450. The summed E-state index contributed by atoms with van der Waals surface area (Å²) in [5, 5.41) is 10.8. The molecule has 2 aromatic carbocycles. The summed E-state index contributed by atoms with van der Waals surface area (Å²) in [6, 6.07) is 14.0. The normalized spacial score (nSPS) is 13.4. The Balaban J connectivity index is 1.54. The molecule has 0 saturated heterocycles. The van der Waals surface area contributed by atoms with Crippen LogP contribution in [0.3, 0.4) is 0 Å². The SMILES string of the molecule is CCC(C)S(=O)(=O)c1ccc(-c2cnc(N)c(-c3nnc(-c4ccc(CNCC(C)F)cc4)o3)n2)cc1. The van der Waals surface area contributed by atoms with Gasteiger partial charge in [0.25, 0.3) is 5.89 Å². The average Bonchev–Trinajstić information content (AvgIpc) is 3.39. The van der Waals surface area contributed by atoms with E-state index in [9.17, 15) is 12.8 Å². The van der Waals surface area contributed by atoms with Crippen LogP contribution in [-0.2, 0) is 16.4 Å². The molecule has 0 amide bonds. The summed E-state index contributed by atoms with van der Waals surface area (Å²) >= 11 is 0. The molecular formula is C26H29FN6O3S. The highest BCUT2D eigenvalue weighted by Crippen LogP contribution is 2.29. The van der Waals surface area contributed by atoms with Gasteiger partial charge in [0.1, 0.15) is 6.17 Å². The molecule has 0 fully saturated rings. The topological polar surface area (TPSA) is 137 Å². The van der Waals surface area contributed by atoms with Crippen LogP contribution in [0.2, 0.25) is 0 Å². The number of hydrogen-bond acceptors (Lipinski definition) is 9. The van der Waals surface area contributed by atoms with Crippen molar-refractivity contribution in [2.24, 2.45) is 0 Å². The molecule has 2 heterocycles. The number of aromatic nitrogens is 4. The third-order valence-corrected chi connectivity index (χ3v) is 8.29. The summed E-state index contributed by atoms with van der Waals surface area (Å²) < 4.78 is 44.0. The van der Waals surface area contributed by atoms with Crippen LogP contribution in [0.25, 0.3) is 34.3 Å². The first-order valence-corrected chi connectivity index (χ1v) is 13.5. The van der Waals surface area contributed by atoms with E-state index in [4.69, 9.17) is 10.2 Å². The summed E-state index contributed by atoms with van der Waals surface area (Å²) in [7, 11) is -3.39. The van der Waals surface area contributed by atoms with Crippen molar-refractivity contribution in [3.8, 4) is 34.3 Å². The van der Waals surface area contributed by atoms with E-state index < -0.39 is 21.3 Å². The van der Waals surface area contributed by atoms with Crippen LogP contribution in [0.5, 0.6) is 0 Å². The molecule has 2 atom stereocenters. The van der Waals surface area contributed by atoms with Crippen LogP contribution < -0.4 is 11.1 Å². The maximum absolute atomic E-state index is 12.9. The number of nitrogens with one attached hydrogen (secondary N) is 1. The standard InChI is InChI=1S/C26H29FN6O3S/c1-4-17(3)37(34,35)21-11-9-19(10-12-21)22-15-30-24(28)23(31-22)26-33-32-25(36-26)20-7-5-18(6-8-20)14-29-13-16(2)27/h5-12,15-17,29H,4,13-14H2,1-3H3,(H2,28,30). The fourth-order valence-electron chi connectivity index (χ4n) is 3.58. The van der Waals surface area contributed by atoms with Crippen LogP contribution in [0.15, 0.2) is 64.0 Å². The summed E-state index contributed by atoms with van der Waals surface area (Å²) in [5.74, 6) is 0.525. The minimum atomic E-state index is -3.39. The van der Waals surface area contributed by atoms with Crippen molar-refractivity contribution in [1.82, 2.24) is 25.5 Å². The Morgan fingerprint density at radius 2 is 1.65 bits per heavy atom. The zero-order chi connectivity index (χ0) is 26.6. The Hall–Kier alpha value is -3.70. The maximum atomic E-state index is 12.9. The van der Waals surface area contributed by atoms with E-state index in [2.05, 4.69) is 25.5 Å². The molecule has 0 saturated carbocycles. The number of alkyl halides is 1. The number of nitrogens with zero attached hydrogens (tertiary/aromatic N) is 4. The second-order valence-corrected chi connectivity index (χ2v) is 11.2. The highest BCUT2D eigenvalue weighted by atomic mass is 32.2. The van der Waals surface area contributed by atoms with Gasteiger partial charge < -0.3 is 15.5 Å². The summed E-state index contributed by atoms with van der Waals surface area (Å²) in [6.07, 6.45) is 1.13. The van der Waals surface area contributed by atoms with E-state index in [-0.39, 0.29) is 34.7 Å². The van der Waals surface area contributed by atoms with Crippen LogP contribution in [-0.4, -0.2) is 46.5 Å². The highest BCUT2D eigenvalue weighted by molar-refractivity contribution is 7.92. The zero-order valence-electron chi connectivity index (χ0n) is 20.8. The largest absolute Gasteiger partial charge is 0.414 e. The van der Waals surface area contributed by atoms with Crippen LogP contribution >= 0.6 is 0 Å². The summed E-state index contributed by atoms with van der Waals surface area (Å²) in [5.41, 5.74) is 9.14. The molecule has 0 spiro atoms. The van der Waals surface area contributed by atoms with Gasteiger partial charge in [0.2, 0.25) is 5.89 Å². The van der Waals surface area contributed by atoms with E-state index in [1.807, 2.05) is 31.2 Å². The molecule has 2 unspecified atom stereocenters. The predicted molar refractivity (Wildman–Crippen MR) is 140 cm³/mol. The van der Waals surface area contributed by atoms with Crippen LogP contribution in [0, 0.1) is 0 Å². The van der Waals surface area contributed by atoms with Gasteiger partial charge in [-0.25, -0.2) is 22.8 Å². The van der Waals surface area contributed by atoms with Gasteiger partial charge in [0, 0.05) is 24.2 Å². The number of rotatable bonds is 10. The van der Waals surface area contributed by atoms with E-state index in [0.29, 0.717) is 29.8 Å². The lowest BCUT2D eigenvalue weighted by atomic mass is 10.1. The molecule has 4 aromatic rings. The zero-order valence-corrected chi connectivity index (χ0v) is 21.7. The molecule has 0 radical (unpaired) electrons. The molecule has 194 valence electrons. The molecule has 4 rings (SSSR count). The van der Waals surface area contributed by atoms with Gasteiger partial charge in [0.15, 0.2) is 21.3 Å². The van der Waals surface area contributed by atoms with E-state index in [0.717, 1.165) is 5.56 Å². The number of nitrogens with two attached hydrogens (primary N) is 1. The molecule has 0 aliphatic rings. The van der Waals surface area contributed by atoms with Gasteiger partial charge in [-0.15, -0.1) is 10.2 Å². The van der Waals surface area contributed by atoms with Crippen LogP contribution in [0.4, 0.5) is 10.2 Å². The first-order valence-electron chi connectivity index (χ1n) is 11.9. The van der Waals surface area contributed by atoms with Crippen molar-refractivity contribution in [2.75, 3.05) is 12.3 Å². The average molecular weight is 525 g/mol. The van der Waals surface area contributed by atoms with Crippen molar-refractivity contribution >= 4 is 15.7 Å². The number of hydrogen-bond donors (Lipinski definition) is 2. The number of sulfone groups is 1. The quantitative estimate of drug-likeness (QED) is 0.308. The second kappa shape index (κ2) is 11.1. The Kier molecular flexibility index (Phi) is 7.94. The molecule has 11 heteroatoms. The van der Waals surface area contributed by atoms with E-state index >= 15 is 0 Å². The Morgan fingerprint density at radius 3 is 2.30 bits per heavy atom. The molecular weight excluding hydrogens is 495 g/mol. The van der Waals surface area contributed by atoms with Gasteiger partial charge >= 0.3 is 0 Å². The lowest BCUT2D eigenvalue weighted by Crippen LogP contribution is -2.21. The predicted octanol–water partition coefficient (Wildman–Crippen LogP) is 4.46. The maximum Gasteiger partial charge on any atom is 0.270 e. The molecule has 0 aliphatic heterocycles. The number of benzene rings is 2. The first-order chi connectivity index (χ1) is 17.7. The monoisotopic (exact) mass is 524 g/mol. The smallest absolute Gasteiger partial charge is 0.270 e. The van der Waals surface area contributed by atoms with Gasteiger partial charge in [-0.2, -0.15) is 0 Å². The lowest BCUT2D eigenvalue weighted by molar-refractivity contribution is 0.344. The lowest BCUT2D eigenvalue weighted by Gasteiger charge is -2.11. The van der Waals surface area contributed by atoms with Crippen molar-refractivity contribution in [2.45, 2.75) is 50.1 Å². The van der Waals surface area contributed by atoms with E-state index in [1.54, 1.807) is 31.2 Å². The molecule has 2 aromatic heterocycles. The number of halogens is 1. The third-order valence-electron chi connectivity index (χ3n) is 5.97. The van der Waals surface area contributed by atoms with Gasteiger partial charge in [-0.3, -0.25) is 0 Å². The number of nitrogen functional groups attached to an aromatic ring is 1. The van der Waals surface area contributed by atoms with Crippen LogP contribution in [0.1, 0.15) is 32.8 Å². The molecule has 9 nitrogen and oxygen atoms in total. The fraction of sp³-hybridized carbons (Fsp3) is 0.308. The van der Waals surface area contributed by atoms with Crippen molar-refractivity contribution in [3.63, 3.8) is 0 Å². The molecule has 3 N–H and O–H groups in total. The summed E-state index contributed by atoms with van der Waals surface area (Å²) in [4.78, 5) is 9.03.